The molecule has 1 amide bonds. The van der Waals surface area contributed by atoms with E-state index in [1.807, 2.05) is 0 Å². The largest absolute Gasteiger partial charge is 0.349 e. The highest BCUT2D eigenvalue weighted by Gasteiger charge is 2.27. The summed E-state index contributed by atoms with van der Waals surface area (Å²) in [5, 5.41) is 14.0. The zero-order valence-corrected chi connectivity index (χ0v) is 15.2. The number of nitrogens with one attached hydrogen (secondary N) is 2. The van der Waals surface area contributed by atoms with Crippen molar-refractivity contribution in [2.24, 2.45) is 0 Å². The molecule has 0 bridgehead atoms. The van der Waals surface area contributed by atoms with Crippen LogP contribution in [0.4, 0.5) is 11.4 Å². The van der Waals surface area contributed by atoms with Crippen molar-refractivity contribution in [2.45, 2.75) is 36.6 Å². The van der Waals surface area contributed by atoms with Gasteiger partial charge in [0.2, 0.25) is 0 Å². The number of hydrogen-bond donors (Lipinski definition) is 2. The summed E-state index contributed by atoms with van der Waals surface area (Å²) >= 11 is 0. The van der Waals surface area contributed by atoms with E-state index in [4.69, 9.17) is 0 Å². The summed E-state index contributed by atoms with van der Waals surface area (Å²) in [6.07, 6.45) is 3.90. The van der Waals surface area contributed by atoms with Crippen LogP contribution >= 0.6 is 0 Å². The number of hydrogen-bond acceptors (Lipinski definition) is 5. The second-order valence-electron chi connectivity index (χ2n) is 6.33. The van der Waals surface area contributed by atoms with Crippen LogP contribution in [0.2, 0.25) is 0 Å². The molecule has 0 aromatic heterocycles. The molecule has 0 saturated heterocycles. The number of nitrogens with zero attached hydrogens (tertiary/aromatic N) is 1. The fourth-order valence-corrected chi connectivity index (χ4v) is 4.39. The Bertz CT molecular complexity index is 968. The normalized spacial score (nSPS) is 14.7. The molecule has 0 aliphatic heterocycles. The van der Waals surface area contributed by atoms with Crippen LogP contribution in [0.15, 0.2) is 53.4 Å². The summed E-state index contributed by atoms with van der Waals surface area (Å²) in [6.45, 7) is 0. The second-order valence-corrected chi connectivity index (χ2v) is 7.98. The lowest BCUT2D eigenvalue weighted by Gasteiger charge is -2.15. The van der Waals surface area contributed by atoms with E-state index in [-0.39, 0.29) is 23.2 Å². The zero-order valence-electron chi connectivity index (χ0n) is 14.4. The number of sulfonamides is 1. The van der Waals surface area contributed by atoms with Gasteiger partial charge in [0.25, 0.3) is 21.6 Å². The molecule has 0 unspecified atom stereocenters. The van der Waals surface area contributed by atoms with Crippen molar-refractivity contribution >= 4 is 27.3 Å². The first kappa shape index (κ1) is 18.8. The van der Waals surface area contributed by atoms with Gasteiger partial charge >= 0.3 is 0 Å². The van der Waals surface area contributed by atoms with E-state index in [2.05, 4.69) is 10.0 Å². The van der Waals surface area contributed by atoms with E-state index >= 15 is 0 Å². The van der Waals surface area contributed by atoms with E-state index < -0.39 is 25.5 Å². The van der Waals surface area contributed by atoms with E-state index in [1.54, 1.807) is 12.1 Å². The first-order valence-corrected chi connectivity index (χ1v) is 10.0. The third-order valence-corrected chi connectivity index (χ3v) is 5.87. The van der Waals surface area contributed by atoms with Crippen LogP contribution in [-0.4, -0.2) is 25.3 Å². The van der Waals surface area contributed by atoms with Crippen molar-refractivity contribution in [3.63, 3.8) is 0 Å². The summed E-state index contributed by atoms with van der Waals surface area (Å²) in [5.41, 5.74) is -0.282. The maximum Gasteiger partial charge on any atom is 0.289 e. The monoisotopic (exact) mass is 389 g/mol. The highest BCUT2D eigenvalue weighted by atomic mass is 32.2. The quantitative estimate of drug-likeness (QED) is 0.581. The van der Waals surface area contributed by atoms with Gasteiger partial charge in [0, 0.05) is 12.1 Å². The van der Waals surface area contributed by atoms with E-state index in [1.165, 1.54) is 24.3 Å². The summed E-state index contributed by atoms with van der Waals surface area (Å²) in [7, 11) is -4.24. The van der Waals surface area contributed by atoms with Gasteiger partial charge in [0.15, 0.2) is 4.90 Å². The number of carbonyl (C=O) groups is 1. The van der Waals surface area contributed by atoms with E-state index in [0.717, 1.165) is 37.8 Å². The molecule has 2 aromatic rings. The van der Waals surface area contributed by atoms with Gasteiger partial charge in [-0.25, -0.2) is 8.42 Å². The Morgan fingerprint density at radius 2 is 1.67 bits per heavy atom. The molecule has 1 fully saturated rings. The minimum atomic E-state index is -4.24. The van der Waals surface area contributed by atoms with Crippen molar-refractivity contribution in [1.82, 2.24) is 5.32 Å². The molecular formula is C18H19N3O5S. The van der Waals surface area contributed by atoms with Crippen LogP contribution in [0.1, 0.15) is 36.0 Å². The van der Waals surface area contributed by atoms with Crippen molar-refractivity contribution < 1.29 is 18.1 Å². The van der Waals surface area contributed by atoms with Gasteiger partial charge in [-0.1, -0.05) is 37.1 Å². The number of para-hydroxylation sites is 2. The summed E-state index contributed by atoms with van der Waals surface area (Å²) in [4.78, 5) is 22.5. The number of benzene rings is 2. The zero-order chi connectivity index (χ0) is 19.4. The van der Waals surface area contributed by atoms with Crippen LogP contribution in [0.25, 0.3) is 0 Å². The molecule has 0 radical (unpaired) electrons. The molecule has 2 N–H and O–H groups in total. The number of nitro groups is 1. The van der Waals surface area contributed by atoms with E-state index in [0.29, 0.717) is 0 Å². The Hall–Kier alpha value is -2.94. The molecule has 8 nitrogen and oxygen atoms in total. The number of anilines is 1. The van der Waals surface area contributed by atoms with Crippen LogP contribution in [0.5, 0.6) is 0 Å². The molecule has 27 heavy (non-hydrogen) atoms. The smallest absolute Gasteiger partial charge is 0.289 e. The molecular weight excluding hydrogens is 370 g/mol. The molecule has 1 aliphatic rings. The van der Waals surface area contributed by atoms with Gasteiger partial charge < -0.3 is 5.32 Å². The number of nitro benzene ring substituents is 1. The SMILES string of the molecule is O=C(NC1CCCC1)c1ccccc1NS(=O)(=O)c1ccccc1[N+](=O)[O-]. The van der Waals surface area contributed by atoms with Crippen molar-refractivity contribution in [3.05, 3.63) is 64.2 Å². The van der Waals surface area contributed by atoms with Gasteiger partial charge in [0.05, 0.1) is 16.2 Å². The molecule has 0 heterocycles. The van der Waals surface area contributed by atoms with Gasteiger partial charge in [0.1, 0.15) is 0 Å². The molecule has 1 saturated carbocycles. The standard InChI is InChI=1S/C18H19N3O5S/c22-18(19-13-7-1-2-8-13)14-9-3-4-10-15(14)20-27(25,26)17-12-6-5-11-16(17)21(23)24/h3-6,9-13,20H,1-2,7-8H2,(H,19,22). The molecule has 9 heteroatoms. The van der Waals surface area contributed by atoms with Gasteiger partial charge in [-0.15, -0.1) is 0 Å². The predicted molar refractivity (Wildman–Crippen MR) is 100 cm³/mol. The molecule has 1 aliphatic carbocycles. The van der Waals surface area contributed by atoms with Crippen LogP contribution in [0.3, 0.4) is 0 Å². The van der Waals surface area contributed by atoms with Crippen molar-refractivity contribution in [1.29, 1.82) is 0 Å². The Labute approximate surface area is 156 Å². The molecule has 3 rings (SSSR count). The average molecular weight is 389 g/mol. The third kappa shape index (κ3) is 4.25. The summed E-state index contributed by atoms with van der Waals surface area (Å²) < 4.78 is 27.7. The maximum absolute atomic E-state index is 12.7. The van der Waals surface area contributed by atoms with Crippen molar-refractivity contribution in [3.8, 4) is 0 Å². The fraction of sp³-hybridized carbons (Fsp3) is 0.278. The molecule has 0 atom stereocenters. The Morgan fingerprint density at radius 1 is 1.04 bits per heavy atom. The fourth-order valence-electron chi connectivity index (χ4n) is 3.14. The van der Waals surface area contributed by atoms with Gasteiger partial charge in [-0.05, 0) is 31.0 Å². The second kappa shape index (κ2) is 7.75. The Kier molecular flexibility index (Phi) is 5.41. The van der Waals surface area contributed by atoms with Crippen LogP contribution in [-0.2, 0) is 10.0 Å². The number of amides is 1. The third-order valence-electron chi connectivity index (χ3n) is 4.46. The van der Waals surface area contributed by atoms with Crippen LogP contribution < -0.4 is 10.0 Å². The number of rotatable bonds is 6. The predicted octanol–water partition coefficient (Wildman–Crippen LogP) is 3.07. The first-order chi connectivity index (χ1) is 12.9. The lowest BCUT2D eigenvalue weighted by Crippen LogP contribution is -2.33. The average Bonchev–Trinajstić information content (AvgIpc) is 3.14. The minimum Gasteiger partial charge on any atom is -0.349 e. The Balaban J connectivity index is 1.89. The van der Waals surface area contributed by atoms with Gasteiger partial charge in [-0.2, -0.15) is 0 Å². The Morgan fingerprint density at radius 3 is 2.37 bits per heavy atom. The number of carbonyl (C=O) groups excluding carboxylic acids is 1. The molecule has 142 valence electrons. The van der Waals surface area contributed by atoms with Crippen molar-refractivity contribution in [2.75, 3.05) is 4.72 Å². The molecule has 2 aromatic carbocycles. The van der Waals surface area contributed by atoms with Crippen LogP contribution in [0, 0.1) is 10.1 Å². The minimum absolute atomic E-state index is 0.0751. The lowest BCUT2D eigenvalue weighted by molar-refractivity contribution is -0.387. The highest BCUT2D eigenvalue weighted by molar-refractivity contribution is 7.92. The lowest BCUT2D eigenvalue weighted by atomic mass is 10.1. The van der Waals surface area contributed by atoms with Gasteiger partial charge in [-0.3, -0.25) is 19.6 Å². The highest BCUT2D eigenvalue weighted by Crippen LogP contribution is 2.27. The first-order valence-electron chi connectivity index (χ1n) is 8.54. The summed E-state index contributed by atoms with van der Waals surface area (Å²) in [5.74, 6) is -0.372. The maximum atomic E-state index is 12.7. The topological polar surface area (TPSA) is 118 Å². The summed E-state index contributed by atoms with van der Waals surface area (Å²) in [6, 6.07) is 11.3. The van der Waals surface area contributed by atoms with E-state index in [9.17, 15) is 23.3 Å². The molecule has 0 spiro atoms.